The number of nitrogens with one attached hydrogen (secondary N) is 4. The third-order valence-electron chi connectivity index (χ3n) is 11.7. The van der Waals surface area contributed by atoms with E-state index in [2.05, 4.69) is 52.1 Å². The molecule has 0 spiro atoms. The fraction of sp³-hybridized carbons (Fsp3) is 0.275. The van der Waals surface area contributed by atoms with Gasteiger partial charge in [0.2, 0.25) is 5.89 Å². The average molecular weight is 1040 g/mol. The Hall–Kier alpha value is -7.35. The molecule has 71 heavy (non-hydrogen) atoms. The van der Waals surface area contributed by atoms with E-state index >= 15 is 0 Å². The quantitative estimate of drug-likeness (QED) is 0.0735. The first kappa shape index (κ1) is 48.7. The molecule has 3 aromatic heterocycles. The molecule has 5 aromatic carbocycles. The summed E-state index contributed by atoms with van der Waals surface area (Å²) in [6.45, 7) is 3.20. The highest BCUT2D eigenvalue weighted by Crippen LogP contribution is 2.35. The van der Waals surface area contributed by atoms with Gasteiger partial charge in [-0.15, -0.1) is 0 Å². The Balaban J connectivity index is 0.000000185. The molecule has 10 rings (SSSR count). The average Bonchev–Trinajstić information content (AvgIpc) is 4.13. The Labute approximate surface area is 411 Å². The summed E-state index contributed by atoms with van der Waals surface area (Å²) in [5, 5.41) is 11.7. The zero-order chi connectivity index (χ0) is 50.0. The fourth-order valence-corrected chi connectivity index (χ4v) is 8.29. The number of hydrogen-bond donors (Lipinski definition) is 4. The van der Waals surface area contributed by atoms with E-state index in [1.807, 2.05) is 53.3 Å². The Morgan fingerprint density at radius 1 is 0.662 bits per heavy atom. The van der Waals surface area contributed by atoms with Crippen LogP contribution in [0.3, 0.4) is 0 Å². The molecule has 0 bridgehead atoms. The number of aryl methyl sites for hydroxylation is 2. The van der Waals surface area contributed by atoms with Crippen molar-refractivity contribution in [3.05, 3.63) is 137 Å². The minimum absolute atomic E-state index is 0.0732. The summed E-state index contributed by atoms with van der Waals surface area (Å²) in [5.41, 5.74) is 8.58. The SMILES string of the molecule is Cc1cc(-n2cnc3c(NCCC(F)(F)F)cc(Br)cc32)ccc1C(=O)NC1CC1.Cc1cc(-n2cnc3c(NCCC(F)(F)F)cc(Oc4ccc(-c5ncco5)cc4)cc32)ccc1C(=O)NC1CC1. The van der Waals surface area contributed by atoms with E-state index < -0.39 is 25.2 Å². The van der Waals surface area contributed by atoms with Gasteiger partial charge in [-0.3, -0.25) is 18.7 Å². The zero-order valence-electron chi connectivity index (χ0n) is 38.2. The molecule has 20 heteroatoms. The van der Waals surface area contributed by atoms with Gasteiger partial charge in [0.25, 0.3) is 11.8 Å². The predicted molar refractivity (Wildman–Crippen MR) is 261 cm³/mol. The van der Waals surface area contributed by atoms with Crippen LogP contribution < -0.4 is 26.0 Å². The molecule has 0 aliphatic heterocycles. The van der Waals surface area contributed by atoms with Crippen molar-refractivity contribution in [2.24, 2.45) is 0 Å². The van der Waals surface area contributed by atoms with Crippen molar-refractivity contribution in [2.45, 2.75) is 76.8 Å². The zero-order valence-corrected chi connectivity index (χ0v) is 39.8. The van der Waals surface area contributed by atoms with Gasteiger partial charge in [0.1, 0.15) is 41.5 Å². The third kappa shape index (κ3) is 12.2. The van der Waals surface area contributed by atoms with Crippen LogP contribution in [0.25, 0.3) is 44.9 Å². The van der Waals surface area contributed by atoms with Crippen LogP contribution in [-0.4, -0.2) is 73.4 Å². The van der Waals surface area contributed by atoms with Crippen LogP contribution in [0.1, 0.15) is 70.4 Å². The number of hydrogen-bond acceptors (Lipinski definition) is 9. The number of imidazole rings is 2. The fourth-order valence-electron chi connectivity index (χ4n) is 7.84. The molecule has 0 saturated heterocycles. The maximum absolute atomic E-state index is 12.9. The first-order chi connectivity index (χ1) is 33.9. The van der Waals surface area contributed by atoms with Crippen molar-refractivity contribution in [3.8, 4) is 34.3 Å². The van der Waals surface area contributed by atoms with Gasteiger partial charge in [-0.1, -0.05) is 15.9 Å². The van der Waals surface area contributed by atoms with Crippen molar-refractivity contribution >= 4 is 61.2 Å². The van der Waals surface area contributed by atoms with Gasteiger partial charge < -0.3 is 30.4 Å². The lowest BCUT2D eigenvalue weighted by Gasteiger charge is -2.14. The first-order valence-corrected chi connectivity index (χ1v) is 23.5. The summed E-state index contributed by atoms with van der Waals surface area (Å²) in [6, 6.07) is 25.6. The second kappa shape index (κ2) is 20.2. The van der Waals surface area contributed by atoms with Crippen LogP contribution in [0, 0.1) is 13.8 Å². The van der Waals surface area contributed by atoms with Crippen LogP contribution in [-0.2, 0) is 0 Å². The van der Waals surface area contributed by atoms with Gasteiger partial charge in [0, 0.05) is 69.8 Å². The summed E-state index contributed by atoms with van der Waals surface area (Å²) in [7, 11) is 0. The number of carbonyl (C=O) groups is 2. The van der Waals surface area contributed by atoms with Crippen LogP contribution in [0.5, 0.6) is 11.5 Å². The molecular formula is C51H46BrF6N9O4. The van der Waals surface area contributed by atoms with Crippen molar-refractivity contribution in [2.75, 3.05) is 23.7 Å². The molecule has 4 N–H and O–H groups in total. The van der Waals surface area contributed by atoms with E-state index in [1.54, 1.807) is 73.4 Å². The van der Waals surface area contributed by atoms with Crippen LogP contribution in [0.2, 0.25) is 0 Å². The molecule has 0 unspecified atom stereocenters. The van der Waals surface area contributed by atoms with Crippen LogP contribution in [0.4, 0.5) is 37.7 Å². The molecule has 8 aromatic rings. The summed E-state index contributed by atoms with van der Waals surface area (Å²) >= 11 is 3.42. The third-order valence-corrected chi connectivity index (χ3v) is 12.2. The number of amides is 2. The maximum atomic E-state index is 12.9. The van der Waals surface area contributed by atoms with E-state index in [0.29, 0.717) is 56.4 Å². The molecule has 2 saturated carbocycles. The number of aromatic nitrogens is 5. The minimum atomic E-state index is -4.30. The monoisotopic (exact) mass is 1040 g/mol. The standard InChI is InChI=1S/C30H26F3N5O3.C21H20BrF3N4O/c1-18-14-21(6-9-24(18)28(39)37-20-4-5-20)38-17-36-27-25(34-11-10-30(31,32)33)15-23(16-26(27)38)41-22-7-2-19(3-8-22)29-35-12-13-40-29;1-12-8-15(4-5-16(12)20(30)28-14-2-3-14)29-11-27-19-17(9-13(22)10-18(19)29)26-7-6-21(23,24)25/h2-3,6-9,12-17,20,34H,4-5,10-11H2,1H3,(H,37,39);4-5,8-11,14,26H,2-3,6-7H2,1H3,(H,28,30). The number of nitrogens with zero attached hydrogens (tertiary/aromatic N) is 5. The second-order valence-electron chi connectivity index (χ2n) is 17.4. The van der Waals surface area contributed by atoms with E-state index in [0.717, 1.165) is 63.7 Å². The highest BCUT2D eigenvalue weighted by molar-refractivity contribution is 9.10. The lowest BCUT2D eigenvalue weighted by atomic mass is 10.1. The van der Waals surface area contributed by atoms with Crippen molar-refractivity contribution < 1.29 is 45.1 Å². The lowest BCUT2D eigenvalue weighted by Crippen LogP contribution is -2.26. The van der Waals surface area contributed by atoms with Gasteiger partial charge in [-0.05, 0) is 123 Å². The number of carbonyl (C=O) groups excluding carboxylic acids is 2. The molecule has 2 aliphatic rings. The number of rotatable bonds is 15. The van der Waals surface area contributed by atoms with Crippen molar-refractivity contribution in [3.63, 3.8) is 0 Å². The van der Waals surface area contributed by atoms with Gasteiger partial charge >= 0.3 is 12.4 Å². The number of fused-ring (bicyclic) bond motifs is 2. The Morgan fingerprint density at radius 2 is 1.17 bits per heavy atom. The molecule has 2 amide bonds. The number of alkyl halides is 6. The molecule has 0 radical (unpaired) electrons. The van der Waals surface area contributed by atoms with Crippen molar-refractivity contribution in [1.82, 2.24) is 34.7 Å². The first-order valence-electron chi connectivity index (χ1n) is 22.8. The molecular weight excluding hydrogens is 997 g/mol. The van der Waals surface area contributed by atoms with Gasteiger partial charge in [-0.2, -0.15) is 26.3 Å². The molecule has 2 fully saturated rings. The largest absolute Gasteiger partial charge is 0.457 e. The molecule has 368 valence electrons. The number of anilines is 2. The normalized spacial score (nSPS) is 13.7. The number of halogens is 7. The number of oxazole rings is 1. The number of ether oxygens (including phenoxy) is 1. The van der Waals surface area contributed by atoms with E-state index in [-0.39, 0.29) is 37.0 Å². The lowest BCUT2D eigenvalue weighted by molar-refractivity contribution is -0.132. The molecule has 2 aliphatic carbocycles. The highest BCUT2D eigenvalue weighted by atomic mass is 79.9. The van der Waals surface area contributed by atoms with Gasteiger partial charge in [0.05, 0.1) is 41.4 Å². The second-order valence-corrected chi connectivity index (χ2v) is 18.3. The summed E-state index contributed by atoms with van der Waals surface area (Å²) in [6.07, 6.45) is -0.103. The Bertz CT molecular complexity index is 3220. The molecule has 3 heterocycles. The van der Waals surface area contributed by atoms with E-state index in [1.165, 1.54) is 6.26 Å². The maximum Gasteiger partial charge on any atom is 0.390 e. The summed E-state index contributed by atoms with van der Waals surface area (Å²) < 4.78 is 91.9. The predicted octanol–water partition coefficient (Wildman–Crippen LogP) is 12.4. The van der Waals surface area contributed by atoms with Crippen LogP contribution >= 0.6 is 15.9 Å². The highest BCUT2D eigenvalue weighted by Gasteiger charge is 2.29. The Kier molecular flexibility index (Phi) is 13.8. The topological polar surface area (TPSA) is 153 Å². The van der Waals surface area contributed by atoms with Gasteiger partial charge in [0.15, 0.2) is 0 Å². The van der Waals surface area contributed by atoms with E-state index in [4.69, 9.17) is 9.15 Å². The Morgan fingerprint density at radius 3 is 1.63 bits per heavy atom. The van der Waals surface area contributed by atoms with Crippen LogP contribution in [0.15, 0.2) is 119 Å². The molecule has 0 atom stereocenters. The summed E-state index contributed by atoms with van der Waals surface area (Å²) in [4.78, 5) is 38.0. The summed E-state index contributed by atoms with van der Waals surface area (Å²) in [5.74, 6) is 1.23. The molecule has 13 nitrogen and oxygen atoms in total. The van der Waals surface area contributed by atoms with E-state index in [9.17, 15) is 35.9 Å². The number of benzene rings is 5. The minimum Gasteiger partial charge on any atom is -0.457 e. The van der Waals surface area contributed by atoms with Gasteiger partial charge in [-0.25, -0.2) is 15.0 Å². The smallest absolute Gasteiger partial charge is 0.390 e. The van der Waals surface area contributed by atoms with Crippen molar-refractivity contribution in [1.29, 1.82) is 0 Å².